The Balaban J connectivity index is 1.97. The van der Waals surface area contributed by atoms with E-state index in [-0.39, 0.29) is 18.0 Å². The van der Waals surface area contributed by atoms with Gasteiger partial charge < -0.3 is 20.3 Å². The van der Waals surface area contributed by atoms with Crippen molar-refractivity contribution < 1.29 is 9.53 Å². The number of methoxy groups -OCH3 is 1. The Kier molecular flexibility index (Phi) is 6.21. The molecular weight excluding hydrogens is 278 g/mol. The molecule has 0 aliphatic carbocycles. The zero-order valence-corrected chi connectivity index (χ0v) is 13.8. The zero-order valence-electron chi connectivity index (χ0n) is 13.8. The first kappa shape index (κ1) is 16.8. The molecule has 5 nitrogen and oxygen atoms in total. The van der Waals surface area contributed by atoms with Crippen LogP contribution in [0.2, 0.25) is 0 Å². The van der Waals surface area contributed by atoms with Crippen molar-refractivity contribution in [3.05, 3.63) is 29.8 Å². The fraction of sp³-hybridized carbons (Fsp3) is 0.588. The van der Waals surface area contributed by atoms with Gasteiger partial charge >= 0.3 is 0 Å². The molecule has 2 N–H and O–H groups in total. The largest absolute Gasteiger partial charge is 0.497 e. The first-order valence-corrected chi connectivity index (χ1v) is 7.93. The van der Waals surface area contributed by atoms with Crippen LogP contribution in [0.1, 0.15) is 30.9 Å². The Morgan fingerprint density at radius 3 is 2.91 bits per heavy atom. The highest BCUT2D eigenvalue weighted by Crippen LogP contribution is 2.22. The summed E-state index contributed by atoms with van der Waals surface area (Å²) in [6.07, 6.45) is 3.21. The molecule has 2 rings (SSSR count). The summed E-state index contributed by atoms with van der Waals surface area (Å²) >= 11 is 0. The van der Waals surface area contributed by atoms with Gasteiger partial charge in [0.05, 0.1) is 19.2 Å². The Labute approximate surface area is 133 Å². The van der Waals surface area contributed by atoms with Crippen LogP contribution in [0.15, 0.2) is 24.3 Å². The summed E-state index contributed by atoms with van der Waals surface area (Å²) in [5.41, 5.74) is 1.14. The van der Waals surface area contributed by atoms with Gasteiger partial charge in [0.2, 0.25) is 5.91 Å². The van der Waals surface area contributed by atoms with Gasteiger partial charge in [-0.05, 0) is 51.2 Å². The highest BCUT2D eigenvalue weighted by molar-refractivity contribution is 5.81. The molecule has 0 radical (unpaired) electrons. The second-order valence-electron chi connectivity index (χ2n) is 6.00. The Bertz CT molecular complexity index is 485. The Morgan fingerprint density at radius 2 is 2.27 bits per heavy atom. The molecule has 1 unspecified atom stereocenters. The average Bonchev–Trinajstić information content (AvgIpc) is 2.55. The lowest BCUT2D eigenvalue weighted by Gasteiger charge is -2.27. The number of hydrogen-bond acceptors (Lipinski definition) is 4. The van der Waals surface area contributed by atoms with Crippen molar-refractivity contribution in [1.29, 1.82) is 0 Å². The number of hydrogen-bond donors (Lipinski definition) is 2. The van der Waals surface area contributed by atoms with Crippen molar-refractivity contribution in [2.24, 2.45) is 0 Å². The van der Waals surface area contributed by atoms with E-state index in [9.17, 15) is 4.79 Å². The lowest BCUT2D eigenvalue weighted by molar-refractivity contribution is -0.123. The Hall–Kier alpha value is -1.59. The van der Waals surface area contributed by atoms with Crippen molar-refractivity contribution >= 4 is 5.91 Å². The molecule has 1 saturated heterocycles. The Morgan fingerprint density at radius 1 is 1.45 bits per heavy atom. The lowest BCUT2D eigenvalue weighted by atomic mass is 10.0. The van der Waals surface area contributed by atoms with Crippen molar-refractivity contribution in [3.63, 3.8) is 0 Å². The van der Waals surface area contributed by atoms with Crippen LogP contribution in [0, 0.1) is 0 Å². The van der Waals surface area contributed by atoms with Crippen molar-refractivity contribution in [3.8, 4) is 5.75 Å². The van der Waals surface area contributed by atoms with E-state index in [0.717, 1.165) is 37.1 Å². The van der Waals surface area contributed by atoms with E-state index < -0.39 is 0 Å². The maximum Gasteiger partial charge on any atom is 0.237 e. The summed E-state index contributed by atoms with van der Waals surface area (Å²) in [7, 11) is 5.71. The molecule has 2 atom stereocenters. The van der Waals surface area contributed by atoms with Crippen LogP contribution in [0.4, 0.5) is 0 Å². The molecule has 22 heavy (non-hydrogen) atoms. The van der Waals surface area contributed by atoms with E-state index in [0.29, 0.717) is 6.54 Å². The SMILES string of the molecule is COc1cccc(C(CNC(=O)[C@H]2CCCCN2)N(C)C)c1. The molecule has 1 aliphatic heterocycles. The van der Waals surface area contributed by atoms with Gasteiger partial charge in [-0.15, -0.1) is 0 Å². The van der Waals surface area contributed by atoms with Gasteiger partial charge in [0.15, 0.2) is 0 Å². The number of rotatable bonds is 6. The molecule has 0 saturated carbocycles. The molecule has 1 amide bonds. The summed E-state index contributed by atoms with van der Waals surface area (Å²) in [6.45, 7) is 1.53. The maximum atomic E-state index is 12.3. The molecule has 0 bridgehead atoms. The molecule has 122 valence electrons. The van der Waals surface area contributed by atoms with E-state index in [1.165, 1.54) is 0 Å². The number of likely N-dealkylation sites (N-methyl/N-ethyl adjacent to an activating group) is 1. The van der Waals surface area contributed by atoms with E-state index in [4.69, 9.17) is 4.74 Å². The number of nitrogens with one attached hydrogen (secondary N) is 2. The van der Waals surface area contributed by atoms with Gasteiger partial charge in [0, 0.05) is 6.54 Å². The highest BCUT2D eigenvalue weighted by Gasteiger charge is 2.22. The standard InChI is InChI=1S/C17H27N3O2/c1-20(2)16(13-7-6-8-14(11-13)22-3)12-19-17(21)15-9-4-5-10-18-15/h6-8,11,15-16,18H,4-5,9-10,12H2,1-3H3,(H,19,21)/t15-,16?/m1/s1. The van der Waals surface area contributed by atoms with Gasteiger partial charge in [0.25, 0.3) is 0 Å². The third-order valence-corrected chi connectivity index (χ3v) is 4.20. The smallest absolute Gasteiger partial charge is 0.237 e. The van der Waals surface area contributed by atoms with Crippen LogP contribution >= 0.6 is 0 Å². The van der Waals surface area contributed by atoms with Gasteiger partial charge in [-0.3, -0.25) is 4.79 Å². The third-order valence-electron chi connectivity index (χ3n) is 4.20. The second-order valence-corrected chi connectivity index (χ2v) is 6.00. The van der Waals surface area contributed by atoms with Crippen LogP contribution in [0.3, 0.4) is 0 Å². The second kappa shape index (κ2) is 8.15. The minimum absolute atomic E-state index is 0.0399. The number of benzene rings is 1. The fourth-order valence-electron chi connectivity index (χ4n) is 2.84. The fourth-order valence-corrected chi connectivity index (χ4v) is 2.84. The zero-order chi connectivity index (χ0) is 15.9. The summed E-state index contributed by atoms with van der Waals surface area (Å²) in [5, 5.41) is 6.37. The van der Waals surface area contributed by atoms with Gasteiger partial charge in [-0.1, -0.05) is 18.6 Å². The van der Waals surface area contributed by atoms with Crippen LogP contribution in [-0.2, 0) is 4.79 Å². The number of carbonyl (C=O) groups excluding carboxylic acids is 1. The normalized spacial score (nSPS) is 19.7. The van der Waals surface area contributed by atoms with E-state index in [1.54, 1.807) is 7.11 Å². The summed E-state index contributed by atoms with van der Waals surface area (Å²) in [5.74, 6) is 0.944. The molecule has 1 heterocycles. The minimum Gasteiger partial charge on any atom is -0.497 e. The van der Waals surface area contributed by atoms with Crippen LogP contribution in [0.5, 0.6) is 5.75 Å². The number of carbonyl (C=O) groups is 1. The monoisotopic (exact) mass is 305 g/mol. The summed E-state index contributed by atoms with van der Waals surface area (Å²) < 4.78 is 5.29. The minimum atomic E-state index is -0.0399. The van der Waals surface area contributed by atoms with Crippen molar-refractivity contribution in [2.45, 2.75) is 31.3 Å². The van der Waals surface area contributed by atoms with Crippen molar-refractivity contribution in [1.82, 2.24) is 15.5 Å². The number of nitrogens with zero attached hydrogens (tertiary/aromatic N) is 1. The van der Waals surface area contributed by atoms with Gasteiger partial charge in [0.1, 0.15) is 5.75 Å². The van der Waals surface area contributed by atoms with Crippen LogP contribution in [0.25, 0.3) is 0 Å². The van der Waals surface area contributed by atoms with E-state index >= 15 is 0 Å². The highest BCUT2D eigenvalue weighted by atomic mass is 16.5. The lowest BCUT2D eigenvalue weighted by Crippen LogP contribution is -2.48. The third kappa shape index (κ3) is 4.45. The predicted molar refractivity (Wildman–Crippen MR) is 88.1 cm³/mol. The molecule has 1 aromatic carbocycles. The molecule has 1 aromatic rings. The van der Waals surface area contributed by atoms with Crippen LogP contribution in [-0.4, -0.2) is 51.1 Å². The van der Waals surface area contributed by atoms with Gasteiger partial charge in [-0.2, -0.15) is 0 Å². The van der Waals surface area contributed by atoms with Gasteiger partial charge in [-0.25, -0.2) is 0 Å². The van der Waals surface area contributed by atoms with Crippen LogP contribution < -0.4 is 15.4 Å². The van der Waals surface area contributed by atoms with E-state index in [2.05, 4.69) is 21.6 Å². The molecule has 0 spiro atoms. The first-order chi connectivity index (χ1) is 10.6. The number of ether oxygens (including phenoxy) is 1. The summed E-state index contributed by atoms with van der Waals surface area (Å²) in [4.78, 5) is 14.4. The number of amides is 1. The molecule has 5 heteroatoms. The average molecular weight is 305 g/mol. The maximum absolute atomic E-state index is 12.3. The summed E-state index contributed by atoms with van der Waals surface area (Å²) in [6, 6.07) is 8.09. The predicted octanol–water partition coefficient (Wildman–Crippen LogP) is 1.56. The molecular formula is C17H27N3O2. The van der Waals surface area contributed by atoms with E-state index in [1.807, 2.05) is 32.3 Å². The first-order valence-electron chi connectivity index (χ1n) is 7.93. The quantitative estimate of drug-likeness (QED) is 0.837. The molecule has 1 aliphatic rings. The van der Waals surface area contributed by atoms with Crippen molar-refractivity contribution in [2.75, 3.05) is 34.3 Å². The number of piperidine rings is 1. The topological polar surface area (TPSA) is 53.6 Å². The molecule has 0 aromatic heterocycles. The molecule has 1 fully saturated rings.